The van der Waals surface area contributed by atoms with Crippen LogP contribution < -0.4 is 20.7 Å². The van der Waals surface area contributed by atoms with Crippen LogP contribution in [0.2, 0.25) is 0 Å². The molecule has 1 aromatic carbocycles. The van der Waals surface area contributed by atoms with Crippen LogP contribution in [0.3, 0.4) is 0 Å². The number of alkyl halides is 2. The molecule has 3 aliphatic rings. The summed E-state index contributed by atoms with van der Waals surface area (Å²) in [6, 6.07) is 3.82. The molecule has 3 fully saturated rings. The van der Waals surface area contributed by atoms with Gasteiger partial charge >= 0.3 is 0 Å². The first-order valence-corrected chi connectivity index (χ1v) is 14.8. The van der Waals surface area contributed by atoms with Gasteiger partial charge in [0.2, 0.25) is 23.6 Å². The Morgan fingerprint density at radius 2 is 1.70 bits per heavy atom. The summed E-state index contributed by atoms with van der Waals surface area (Å²) in [5.41, 5.74) is -0.367. The van der Waals surface area contributed by atoms with Gasteiger partial charge in [-0.15, -0.1) is 0 Å². The van der Waals surface area contributed by atoms with Crippen molar-refractivity contribution in [1.82, 2.24) is 20.9 Å². The summed E-state index contributed by atoms with van der Waals surface area (Å²) in [5.74, 6) is -4.56. The summed E-state index contributed by atoms with van der Waals surface area (Å²) in [4.78, 5) is 54.6. The molecule has 1 saturated carbocycles. The number of hydrogen-bond acceptors (Lipinski definition) is 8. The minimum absolute atomic E-state index is 0.0519. The molecule has 0 bridgehead atoms. The zero-order valence-electron chi connectivity index (χ0n) is 25.0. The topological polar surface area (TPSA) is 139 Å². The second-order valence-corrected chi connectivity index (χ2v) is 11.9. The number of carbonyl (C=O) groups excluding carboxylic acids is 4. The van der Waals surface area contributed by atoms with Crippen molar-refractivity contribution in [2.75, 3.05) is 46.6 Å². The molecular formula is C30H42F2N4O7. The number of ketones is 1. The maximum atomic E-state index is 13.9. The van der Waals surface area contributed by atoms with Gasteiger partial charge < -0.3 is 30.2 Å². The third-order valence-corrected chi connectivity index (χ3v) is 8.28. The van der Waals surface area contributed by atoms with Crippen LogP contribution in [-0.4, -0.2) is 105 Å². The Morgan fingerprint density at radius 1 is 1.05 bits per heavy atom. The van der Waals surface area contributed by atoms with Crippen molar-refractivity contribution in [2.45, 2.75) is 75.6 Å². The van der Waals surface area contributed by atoms with E-state index < -0.39 is 47.4 Å². The van der Waals surface area contributed by atoms with Gasteiger partial charge in [-0.1, -0.05) is 12.1 Å². The smallest absolute Gasteiger partial charge is 0.248 e. The Labute approximate surface area is 250 Å². The third kappa shape index (κ3) is 9.41. The fraction of sp³-hybridized carbons (Fsp3) is 0.667. The summed E-state index contributed by atoms with van der Waals surface area (Å²) in [6.07, 6.45) is -0.232. The van der Waals surface area contributed by atoms with Crippen LogP contribution in [0.4, 0.5) is 8.78 Å². The number of nitrogens with one attached hydrogen (secondary N) is 3. The van der Waals surface area contributed by atoms with E-state index in [2.05, 4.69) is 16.0 Å². The van der Waals surface area contributed by atoms with Gasteiger partial charge in [-0.25, -0.2) is 8.78 Å². The van der Waals surface area contributed by atoms with Gasteiger partial charge in [-0.05, 0) is 50.3 Å². The van der Waals surface area contributed by atoms with Crippen molar-refractivity contribution in [2.24, 2.45) is 5.92 Å². The van der Waals surface area contributed by atoms with Crippen LogP contribution in [0, 0.1) is 5.92 Å². The van der Waals surface area contributed by atoms with Crippen LogP contribution in [0.5, 0.6) is 5.75 Å². The van der Waals surface area contributed by atoms with Gasteiger partial charge in [0.25, 0.3) is 0 Å². The molecule has 0 radical (unpaired) electrons. The van der Waals surface area contributed by atoms with Crippen LogP contribution in [0.25, 0.3) is 0 Å². The number of Topliss-reactive ketones (excluding diaryl/α,β-unsaturated/α-hetero) is 1. The number of epoxide rings is 1. The van der Waals surface area contributed by atoms with Crippen LogP contribution in [0.15, 0.2) is 24.3 Å². The number of rotatable bonds is 14. The van der Waals surface area contributed by atoms with E-state index in [1.807, 2.05) is 4.90 Å². The molecule has 11 nitrogen and oxygen atoms in total. The summed E-state index contributed by atoms with van der Waals surface area (Å²) in [6.45, 7) is 5.71. The van der Waals surface area contributed by atoms with Crippen molar-refractivity contribution in [3.05, 3.63) is 29.8 Å². The fourth-order valence-corrected chi connectivity index (χ4v) is 5.52. The van der Waals surface area contributed by atoms with Gasteiger partial charge in [0.15, 0.2) is 5.78 Å². The second kappa shape index (κ2) is 14.1. The number of morpholine rings is 1. The standard InChI is InChI=1S/C30H42F2N4O7/c1-19(33-25(37)17-36-10-12-42-13-11-36)27(39)35-24(14-20-4-6-22(41-3)7-5-20)28(40)34-23(26(38)29(2)18-43-29)15-21-8-9-30(31,32)16-21/h4-7,19,21,23-24H,8-18H2,1-3H3,(H,33,37)(H,34,40)(H,35,39)/t19?,21-,23?,24?,29?/m0/s1. The minimum Gasteiger partial charge on any atom is -0.497 e. The molecule has 43 heavy (non-hydrogen) atoms. The second-order valence-electron chi connectivity index (χ2n) is 11.9. The number of ether oxygens (including phenoxy) is 3. The Kier molecular flexibility index (Phi) is 10.7. The first kappa shape index (κ1) is 32.7. The summed E-state index contributed by atoms with van der Waals surface area (Å²) in [7, 11) is 1.53. The van der Waals surface area contributed by atoms with E-state index >= 15 is 0 Å². The van der Waals surface area contributed by atoms with Crippen LogP contribution in [0.1, 0.15) is 45.1 Å². The van der Waals surface area contributed by atoms with E-state index in [0.29, 0.717) is 37.6 Å². The highest BCUT2D eigenvalue weighted by atomic mass is 19.3. The van der Waals surface area contributed by atoms with Gasteiger partial charge in [-0.3, -0.25) is 24.1 Å². The van der Waals surface area contributed by atoms with E-state index in [9.17, 15) is 28.0 Å². The largest absolute Gasteiger partial charge is 0.497 e. The monoisotopic (exact) mass is 608 g/mol. The first-order chi connectivity index (χ1) is 20.4. The molecule has 5 atom stereocenters. The number of benzene rings is 1. The SMILES string of the molecule is COc1ccc(CC(NC(=O)C(C)NC(=O)CN2CCOCC2)C(=O)NC(C[C@@H]2CCC(F)(F)C2)C(=O)C2(C)CO2)cc1. The molecule has 4 unspecified atom stereocenters. The molecule has 1 aliphatic carbocycles. The molecule has 238 valence electrons. The van der Waals surface area contributed by atoms with E-state index in [1.165, 1.54) is 14.0 Å². The lowest BCUT2D eigenvalue weighted by Crippen LogP contribution is -2.57. The quantitative estimate of drug-likeness (QED) is 0.268. The Balaban J connectivity index is 1.45. The molecule has 3 amide bonds. The molecule has 2 heterocycles. The van der Waals surface area contributed by atoms with Gasteiger partial charge in [0.1, 0.15) is 23.4 Å². The molecule has 1 aromatic rings. The Bertz CT molecular complexity index is 1160. The minimum atomic E-state index is -2.80. The highest BCUT2D eigenvalue weighted by molar-refractivity contribution is 5.98. The van der Waals surface area contributed by atoms with Crippen molar-refractivity contribution in [1.29, 1.82) is 0 Å². The van der Waals surface area contributed by atoms with Crippen LogP contribution in [-0.2, 0) is 35.1 Å². The van der Waals surface area contributed by atoms with E-state index in [-0.39, 0.29) is 56.9 Å². The zero-order chi connectivity index (χ0) is 31.2. The fourth-order valence-electron chi connectivity index (χ4n) is 5.52. The zero-order valence-corrected chi connectivity index (χ0v) is 25.0. The van der Waals surface area contributed by atoms with Crippen molar-refractivity contribution >= 4 is 23.5 Å². The molecule has 4 rings (SSSR count). The maximum absolute atomic E-state index is 13.9. The molecular weight excluding hydrogens is 566 g/mol. The molecule has 0 spiro atoms. The summed E-state index contributed by atoms with van der Waals surface area (Å²) < 4.78 is 43.7. The molecule has 2 aliphatic heterocycles. The molecule has 0 aromatic heterocycles. The van der Waals surface area contributed by atoms with Gasteiger partial charge in [-0.2, -0.15) is 0 Å². The third-order valence-electron chi connectivity index (χ3n) is 8.28. The first-order valence-electron chi connectivity index (χ1n) is 14.8. The lowest BCUT2D eigenvalue weighted by Gasteiger charge is -2.27. The number of methoxy groups -OCH3 is 1. The van der Waals surface area contributed by atoms with Crippen molar-refractivity contribution < 1.29 is 42.2 Å². The van der Waals surface area contributed by atoms with E-state index in [4.69, 9.17) is 14.2 Å². The lowest BCUT2D eigenvalue weighted by atomic mass is 9.90. The van der Waals surface area contributed by atoms with Gasteiger partial charge in [0.05, 0.1) is 39.5 Å². The van der Waals surface area contributed by atoms with Crippen molar-refractivity contribution in [3.63, 3.8) is 0 Å². The lowest BCUT2D eigenvalue weighted by molar-refractivity contribution is -0.134. The predicted octanol–water partition coefficient (Wildman–Crippen LogP) is 1.23. The van der Waals surface area contributed by atoms with Crippen molar-refractivity contribution in [3.8, 4) is 5.75 Å². The van der Waals surface area contributed by atoms with Gasteiger partial charge in [0, 0.05) is 32.4 Å². The highest BCUT2D eigenvalue weighted by Crippen LogP contribution is 2.41. The molecule has 13 heteroatoms. The maximum Gasteiger partial charge on any atom is 0.248 e. The average molecular weight is 609 g/mol. The predicted molar refractivity (Wildman–Crippen MR) is 152 cm³/mol. The Hall–Kier alpha value is -3.16. The summed E-state index contributed by atoms with van der Waals surface area (Å²) >= 11 is 0. The number of hydrogen-bond donors (Lipinski definition) is 3. The molecule has 2 saturated heterocycles. The van der Waals surface area contributed by atoms with E-state index in [0.717, 1.165) is 0 Å². The van der Waals surface area contributed by atoms with Crippen LogP contribution >= 0.6 is 0 Å². The van der Waals surface area contributed by atoms with E-state index in [1.54, 1.807) is 31.2 Å². The number of halogens is 2. The number of carbonyl (C=O) groups is 4. The highest BCUT2D eigenvalue weighted by Gasteiger charge is 2.51. The number of amides is 3. The Morgan fingerprint density at radius 3 is 2.28 bits per heavy atom. The molecule has 3 N–H and O–H groups in total. The normalized spacial score (nSPS) is 25.2. The number of nitrogens with zero attached hydrogens (tertiary/aromatic N) is 1. The summed E-state index contributed by atoms with van der Waals surface area (Å²) in [5, 5.41) is 8.13. The average Bonchev–Trinajstić information content (AvgIpc) is 3.64.